The number of hydrogen-bond donors (Lipinski definition) is 2. The van der Waals surface area contributed by atoms with Crippen molar-refractivity contribution >= 4 is 29.2 Å². The van der Waals surface area contributed by atoms with E-state index in [1.807, 2.05) is 19.1 Å². The molecule has 2 aromatic carbocycles. The Bertz CT molecular complexity index is 889. The standard InChI is InChI=1S/C20H20N2O5/c1-13-7-4-5-10-16(13)19(24)22-15-9-6-8-14(11-15)21-17(20(25)27-3)12-18(23)26-2/h4-12,21H,1-3H3,(H,22,24)/b17-12+. The van der Waals surface area contributed by atoms with Gasteiger partial charge in [0.1, 0.15) is 5.70 Å². The largest absolute Gasteiger partial charge is 0.466 e. The molecule has 2 rings (SSSR count). The summed E-state index contributed by atoms with van der Waals surface area (Å²) in [6.07, 6.45) is 0.990. The van der Waals surface area contributed by atoms with Gasteiger partial charge in [-0.25, -0.2) is 9.59 Å². The van der Waals surface area contributed by atoms with E-state index in [1.165, 1.54) is 14.2 Å². The SMILES string of the molecule is COC(=O)/C=C(/Nc1cccc(NC(=O)c2ccccc2C)c1)C(=O)OC. The van der Waals surface area contributed by atoms with Gasteiger partial charge in [0.15, 0.2) is 0 Å². The molecule has 2 N–H and O–H groups in total. The number of hydrogen-bond acceptors (Lipinski definition) is 6. The first-order valence-electron chi connectivity index (χ1n) is 8.06. The number of ether oxygens (including phenoxy) is 2. The van der Waals surface area contributed by atoms with Crippen molar-refractivity contribution in [3.05, 3.63) is 71.4 Å². The summed E-state index contributed by atoms with van der Waals surface area (Å²) in [5.74, 6) is -1.68. The Hall–Kier alpha value is -3.61. The van der Waals surface area contributed by atoms with Gasteiger partial charge < -0.3 is 20.1 Å². The van der Waals surface area contributed by atoms with E-state index in [1.54, 1.807) is 36.4 Å². The third-order valence-electron chi connectivity index (χ3n) is 3.66. The van der Waals surface area contributed by atoms with Gasteiger partial charge in [-0.2, -0.15) is 0 Å². The van der Waals surface area contributed by atoms with Crippen LogP contribution in [-0.4, -0.2) is 32.1 Å². The van der Waals surface area contributed by atoms with Gasteiger partial charge in [-0.05, 0) is 36.8 Å². The quantitative estimate of drug-likeness (QED) is 0.601. The Kier molecular flexibility index (Phi) is 6.71. The molecule has 0 spiro atoms. The molecule has 0 atom stereocenters. The van der Waals surface area contributed by atoms with Crippen molar-refractivity contribution in [3.63, 3.8) is 0 Å². The van der Waals surface area contributed by atoms with E-state index in [9.17, 15) is 14.4 Å². The third-order valence-corrected chi connectivity index (χ3v) is 3.66. The Labute approximate surface area is 157 Å². The monoisotopic (exact) mass is 368 g/mol. The summed E-state index contributed by atoms with van der Waals surface area (Å²) in [5, 5.41) is 5.60. The lowest BCUT2D eigenvalue weighted by molar-refractivity contribution is -0.138. The van der Waals surface area contributed by atoms with Gasteiger partial charge in [0.25, 0.3) is 5.91 Å². The minimum Gasteiger partial charge on any atom is -0.466 e. The number of nitrogens with one attached hydrogen (secondary N) is 2. The first kappa shape index (κ1) is 19.7. The Balaban J connectivity index is 2.20. The van der Waals surface area contributed by atoms with E-state index in [0.29, 0.717) is 16.9 Å². The molecule has 0 unspecified atom stereocenters. The van der Waals surface area contributed by atoms with Crippen molar-refractivity contribution in [1.29, 1.82) is 0 Å². The number of aryl methyl sites for hydroxylation is 1. The second kappa shape index (κ2) is 9.19. The van der Waals surface area contributed by atoms with Gasteiger partial charge in [0, 0.05) is 16.9 Å². The number of esters is 2. The van der Waals surface area contributed by atoms with Gasteiger partial charge in [0.05, 0.1) is 20.3 Å². The lowest BCUT2D eigenvalue weighted by Gasteiger charge is -2.12. The molecular weight excluding hydrogens is 348 g/mol. The highest BCUT2D eigenvalue weighted by Crippen LogP contribution is 2.19. The highest BCUT2D eigenvalue weighted by atomic mass is 16.5. The number of benzene rings is 2. The highest BCUT2D eigenvalue weighted by Gasteiger charge is 2.14. The Morgan fingerprint density at radius 1 is 0.889 bits per heavy atom. The van der Waals surface area contributed by atoms with Crippen LogP contribution in [0.3, 0.4) is 0 Å². The zero-order chi connectivity index (χ0) is 19.8. The van der Waals surface area contributed by atoms with Crippen LogP contribution in [0.4, 0.5) is 11.4 Å². The van der Waals surface area contributed by atoms with Gasteiger partial charge in [-0.15, -0.1) is 0 Å². The number of carbonyl (C=O) groups excluding carboxylic acids is 3. The highest BCUT2D eigenvalue weighted by molar-refractivity contribution is 6.05. The van der Waals surface area contributed by atoms with Crippen LogP contribution in [-0.2, 0) is 19.1 Å². The normalized spacial score (nSPS) is 10.7. The van der Waals surface area contributed by atoms with Crippen molar-refractivity contribution in [2.45, 2.75) is 6.92 Å². The zero-order valence-electron chi connectivity index (χ0n) is 15.2. The van der Waals surface area contributed by atoms with Crippen LogP contribution < -0.4 is 10.6 Å². The second-order valence-corrected chi connectivity index (χ2v) is 5.55. The van der Waals surface area contributed by atoms with E-state index in [-0.39, 0.29) is 11.6 Å². The molecule has 0 bridgehead atoms. The van der Waals surface area contributed by atoms with Gasteiger partial charge in [0.2, 0.25) is 0 Å². The fourth-order valence-electron chi connectivity index (χ4n) is 2.29. The predicted octanol–water partition coefficient (Wildman–Crippen LogP) is 2.89. The summed E-state index contributed by atoms with van der Waals surface area (Å²) < 4.78 is 9.18. The molecule has 0 saturated heterocycles. The number of amides is 1. The predicted molar refractivity (Wildman–Crippen MR) is 101 cm³/mol. The molecule has 0 saturated carbocycles. The molecule has 0 aliphatic rings. The van der Waals surface area contributed by atoms with Gasteiger partial charge >= 0.3 is 11.9 Å². The third kappa shape index (κ3) is 5.43. The molecule has 1 amide bonds. The molecule has 0 heterocycles. The lowest BCUT2D eigenvalue weighted by Crippen LogP contribution is -2.16. The molecule has 7 nitrogen and oxygen atoms in total. The van der Waals surface area contributed by atoms with Crippen LogP contribution in [0, 0.1) is 6.92 Å². The van der Waals surface area contributed by atoms with Crippen molar-refractivity contribution in [1.82, 2.24) is 0 Å². The van der Waals surface area contributed by atoms with E-state index in [2.05, 4.69) is 20.1 Å². The van der Waals surface area contributed by atoms with Gasteiger partial charge in [-0.1, -0.05) is 24.3 Å². The molecule has 2 aromatic rings. The Morgan fingerprint density at radius 3 is 2.19 bits per heavy atom. The maximum atomic E-state index is 12.4. The van der Waals surface area contributed by atoms with Crippen LogP contribution in [0.15, 0.2) is 60.3 Å². The van der Waals surface area contributed by atoms with Crippen LogP contribution in [0.5, 0.6) is 0 Å². The lowest BCUT2D eigenvalue weighted by atomic mass is 10.1. The second-order valence-electron chi connectivity index (χ2n) is 5.55. The number of rotatable bonds is 6. The zero-order valence-corrected chi connectivity index (χ0v) is 15.2. The minimum absolute atomic E-state index is 0.0910. The molecule has 0 aliphatic carbocycles. The topological polar surface area (TPSA) is 93.7 Å². The fourth-order valence-corrected chi connectivity index (χ4v) is 2.29. The van der Waals surface area contributed by atoms with E-state index < -0.39 is 11.9 Å². The van der Waals surface area contributed by atoms with Crippen LogP contribution in [0.2, 0.25) is 0 Å². The average Bonchev–Trinajstić information content (AvgIpc) is 2.67. The summed E-state index contributed by atoms with van der Waals surface area (Å²) in [4.78, 5) is 35.7. The summed E-state index contributed by atoms with van der Waals surface area (Å²) in [6.45, 7) is 1.85. The minimum atomic E-state index is -0.727. The van der Waals surface area contributed by atoms with Crippen molar-refractivity contribution < 1.29 is 23.9 Å². The maximum Gasteiger partial charge on any atom is 0.354 e. The fraction of sp³-hybridized carbons (Fsp3) is 0.150. The van der Waals surface area contributed by atoms with Crippen LogP contribution >= 0.6 is 0 Å². The maximum absolute atomic E-state index is 12.4. The number of carbonyl (C=O) groups is 3. The smallest absolute Gasteiger partial charge is 0.354 e. The van der Waals surface area contributed by atoms with Gasteiger partial charge in [-0.3, -0.25) is 4.79 Å². The van der Waals surface area contributed by atoms with Crippen molar-refractivity contribution in [2.24, 2.45) is 0 Å². The molecule has 140 valence electrons. The first-order valence-corrected chi connectivity index (χ1v) is 8.06. The van der Waals surface area contributed by atoms with Crippen LogP contribution in [0.1, 0.15) is 15.9 Å². The molecular formula is C20H20N2O5. The van der Waals surface area contributed by atoms with Crippen LogP contribution in [0.25, 0.3) is 0 Å². The summed E-state index contributed by atoms with van der Waals surface area (Å²) in [6, 6.07) is 14.0. The molecule has 0 aliphatic heterocycles. The molecule has 0 radical (unpaired) electrons. The summed E-state index contributed by atoms with van der Waals surface area (Å²) in [7, 11) is 2.41. The first-order chi connectivity index (χ1) is 12.9. The van der Waals surface area contributed by atoms with Crippen molar-refractivity contribution in [2.75, 3.05) is 24.9 Å². The average molecular weight is 368 g/mol. The molecule has 0 fully saturated rings. The van der Waals surface area contributed by atoms with E-state index in [0.717, 1.165) is 11.6 Å². The van der Waals surface area contributed by atoms with E-state index >= 15 is 0 Å². The number of anilines is 2. The summed E-state index contributed by atoms with van der Waals surface area (Å²) >= 11 is 0. The Morgan fingerprint density at radius 2 is 1.56 bits per heavy atom. The number of methoxy groups -OCH3 is 2. The summed E-state index contributed by atoms with van der Waals surface area (Å²) in [5.41, 5.74) is 2.34. The van der Waals surface area contributed by atoms with Crippen molar-refractivity contribution in [3.8, 4) is 0 Å². The molecule has 7 heteroatoms. The van der Waals surface area contributed by atoms with E-state index in [4.69, 9.17) is 0 Å². The molecule has 0 aromatic heterocycles. The molecule has 27 heavy (non-hydrogen) atoms.